The molecule has 266 valence electrons. The molecule has 0 bridgehead atoms. The summed E-state index contributed by atoms with van der Waals surface area (Å²) < 4.78 is 0. The van der Waals surface area contributed by atoms with Crippen molar-refractivity contribution in [3.8, 4) is 0 Å². The summed E-state index contributed by atoms with van der Waals surface area (Å²) in [5, 5.41) is 33.4. The lowest BCUT2D eigenvalue weighted by Gasteiger charge is -2.62. The van der Waals surface area contributed by atoms with Crippen LogP contribution in [0.2, 0.25) is 0 Å². The van der Waals surface area contributed by atoms with Crippen molar-refractivity contribution in [3.63, 3.8) is 0 Å². The predicted molar refractivity (Wildman–Crippen MR) is 179 cm³/mol. The highest BCUT2D eigenvalue weighted by Crippen LogP contribution is 3.04. The molecule has 0 radical (unpaired) electrons. The fraction of sp³-hybridized carbons (Fsp3) is 0.951. The quantitative estimate of drug-likeness (QED) is 0.158. The van der Waals surface area contributed by atoms with Crippen molar-refractivity contribution in [2.24, 2.45) is 128 Å². The van der Waals surface area contributed by atoms with Crippen LogP contribution in [0.3, 0.4) is 0 Å². The van der Waals surface area contributed by atoms with Gasteiger partial charge in [0.15, 0.2) is 0 Å². The van der Waals surface area contributed by atoms with E-state index in [0.717, 1.165) is 51.0 Å². The summed E-state index contributed by atoms with van der Waals surface area (Å²) in [6, 6.07) is 0. The molecule has 10 rings (SSSR count). The van der Waals surface area contributed by atoms with Gasteiger partial charge in [-0.3, -0.25) is 14.8 Å². The summed E-state index contributed by atoms with van der Waals surface area (Å²) in [6.07, 6.45) is 6.30. The topological polar surface area (TPSA) is 116 Å². The Morgan fingerprint density at radius 2 is 1.65 bits per heavy atom. The van der Waals surface area contributed by atoms with Crippen LogP contribution in [0.4, 0.5) is 0 Å². The van der Waals surface area contributed by atoms with Crippen LogP contribution in [0.5, 0.6) is 0 Å². The number of ketones is 2. The van der Waals surface area contributed by atoms with E-state index in [4.69, 9.17) is 4.89 Å². The summed E-state index contributed by atoms with van der Waals surface area (Å²) in [5.41, 5.74) is 0.766. The zero-order chi connectivity index (χ0) is 33.6. The molecule has 0 saturated heterocycles. The lowest BCUT2D eigenvalue weighted by atomic mass is 9.41. The van der Waals surface area contributed by atoms with Crippen molar-refractivity contribution in [2.45, 2.75) is 85.7 Å². The van der Waals surface area contributed by atoms with E-state index in [-0.39, 0.29) is 24.0 Å². The molecule has 7 heteroatoms. The Morgan fingerprint density at radius 3 is 2.23 bits per heavy atom. The van der Waals surface area contributed by atoms with Crippen molar-refractivity contribution in [1.29, 1.82) is 0 Å². The lowest BCUT2D eigenvalue weighted by molar-refractivity contribution is -0.296. The molecule has 0 aromatic carbocycles. The fourth-order valence-electron chi connectivity index (χ4n) is 18.4. The van der Waals surface area contributed by atoms with E-state index in [1.165, 1.54) is 0 Å². The second-order valence-corrected chi connectivity index (χ2v) is 20.9. The van der Waals surface area contributed by atoms with Gasteiger partial charge in [0.05, 0.1) is 6.10 Å². The molecule has 0 aromatic heterocycles. The second-order valence-electron chi connectivity index (χ2n) is 20.9. The maximum atomic E-state index is 14.1. The average Bonchev–Trinajstić information content (AvgIpc) is 3.75. The van der Waals surface area contributed by atoms with E-state index in [2.05, 4.69) is 39.9 Å². The Balaban J connectivity index is 0.946. The number of fused-ring (bicyclic) bond motifs is 3. The molecule has 10 saturated carbocycles. The first-order valence-electron chi connectivity index (χ1n) is 20.1. The molecule has 0 aliphatic heterocycles. The van der Waals surface area contributed by atoms with Crippen LogP contribution >= 0.6 is 0 Å². The van der Waals surface area contributed by atoms with E-state index >= 15 is 0 Å². The van der Waals surface area contributed by atoms with Gasteiger partial charge >= 0.3 is 0 Å². The summed E-state index contributed by atoms with van der Waals surface area (Å²) in [5.74, 6) is 11.5. The largest absolute Gasteiger partial charge is 0.396 e. The first-order chi connectivity index (χ1) is 22.9. The maximum Gasteiger partial charge on any atom is 0.141 e. The Bertz CT molecular complexity index is 1430. The van der Waals surface area contributed by atoms with Gasteiger partial charge in [-0.15, -0.1) is 0 Å². The van der Waals surface area contributed by atoms with Gasteiger partial charge in [-0.1, -0.05) is 34.6 Å². The third kappa shape index (κ3) is 3.30. The molecule has 48 heavy (non-hydrogen) atoms. The Labute approximate surface area is 287 Å². The number of aliphatic hydroxyl groups excluding tert-OH is 2. The molecule has 0 amide bonds. The van der Waals surface area contributed by atoms with Crippen molar-refractivity contribution in [3.05, 3.63) is 0 Å². The van der Waals surface area contributed by atoms with Gasteiger partial charge < -0.3 is 15.5 Å². The molecule has 10 aliphatic carbocycles. The Hall–Kier alpha value is -0.860. The monoisotopic (exact) mass is 663 g/mol. The van der Waals surface area contributed by atoms with E-state index in [9.17, 15) is 25.1 Å². The van der Waals surface area contributed by atoms with Gasteiger partial charge in [-0.25, -0.2) is 4.89 Å². The highest BCUT2D eigenvalue weighted by molar-refractivity contribution is 5.88. The molecule has 0 spiro atoms. The molecule has 10 fully saturated rings. The molecular formula is C41H61NO6. The first-order valence-corrected chi connectivity index (χ1v) is 20.1. The van der Waals surface area contributed by atoms with Crippen LogP contribution in [-0.4, -0.2) is 59.9 Å². The summed E-state index contributed by atoms with van der Waals surface area (Å²) in [7, 11) is 2.03. The molecular weight excluding hydrogens is 602 g/mol. The Morgan fingerprint density at radius 1 is 0.917 bits per heavy atom. The molecule has 22 unspecified atom stereocenters. The second kappa shape index (κ2) is 9.76. The molecule has 0 heterocycles. The minimum absolute atomic E-state index is 0.0461. The number of Topliss-reactive ketones (excluding diaryl/α,β-unsaturated/α-hetero) is 2. The van der Waals surface area contributed by atoms with Crippen molar-refractivity contribution in [1.82, 2.24) is 5.32 Å². The van der Waals surface area contributed by atoms with Gasteiger partial charge in [0.2, 0.25) is 0 Å². The maximum absolute atomic E-state index is 14.1. The van der Waals surface area contributed by atoms with Crippen molar-refractivity contribution < 1.29 is 29.9 Å². The molecule has 4 N–H and O–H groups in total. The standard InChI is InChI=1S/C41H61NO6/c1-17(15-42-6)9-18-10-20(45)12-21(18)28-24-11-19(16-44)29-34(28)40(24,29)33-26-14-23(37(46)38(2,3)4)31-36(33)41(26,31)32-25-13-22(27(48-47)7-8-43)30-35(32)39(25,30)5/h17-19,21-36,42-44,47H,7-16H2,1-6H3. The third-order valence-corrected chi connectivity index (χ3v) is 19.0. The van der Waals surface area contributed by atoms with Gasteiger partial charge in [-0.2, -0.15) is 0 Å². The average molecular weight is 664 g/mol. The number of hydrogen-bond acceptors (Lipinski definition) is 7. The van der Waals surface area contributed by atoms with Crippen LogP contribution in [0.15, 0.2) is 0 Å². The van der Waals surface area contributed by atoms with Crippen molar-refractivity contribution >= 4 is 11.6 Å². The van der Waals surface area contributed by atoms with Gasteiger partial charge in [0, 0.05) is 43.8 Å². The highest BCUT2D eigenvalue weighted by Gasteiger charge is 3.02. The summed E-state index contributed by atoms with van der Waals surface area (Å²) >= 11 is 0. The number of carbonyl (C=O) groups excluding carboxylic acids is 2. The van der Waals surface area contributed by atoms with Crippen LogP contribution in [0.25, 0.3) is 0 Å². The smallest absolute Gasteiger partial charge is 0.141 e. The minimum atomic E-state index is -0.309. The SMILES string of the molecule is CNCC(C)CC1CC(=O)CC1C1C2CC(CO)C3C1C23C1C2CC(C(=O)C(C)(C)C)C3C1C23C1C2CC(C(CCO)OO)C3C1C23C. The third-order valence-electron chi connectivity index (χ3n) is 19.0. The van der Waals surface area contributed by atoms with Crippen LogP contribution in [0, 0.1) is 128 Å². The van der Waals surface area contributed by atoms with E-state index in [1.54, 1.807) is 0 Å². The lowest BCUT2D eigenvalue weighted by Crippen LogP contribution is -2.59. The number of carbonyl (C=O) groups is 2. The van der Waals surface area contributed by atoms with Gasteiger partial charge in [0.1, 0.15) is 11.6 Å². The highest BCUT2D eigenvalue weighted by atomic mass is 17.1. The first kappa shape index (κ1) is 31.8. The summed E-state index contributed by atoms with van der Waals surface area (Å²) in [6.45, 7) is 12.6. The Kier molecular flexibility index (Phi) is 6.48. The molecule has 0 aromatic rings. The van der Waals surface area contributed by atoms with Crippen LogP contribution in [0.1, 0.15) is 79.6 Å². The minimum Gasteiger partial charge on any atom is -0.396 e. The number of hydrogen-bond donors (Lipinski definition) is 4. The van der Waals surface area contributed by atoms with Crippen LogP contribution < -0.4 is 5.32 Å². The van der Waals surface area contributed by atoms with E-state index in [1.807, 2.05) is 7.05 Å². The normalized spacial score (nSPS) is 59.5. The molecule has 10 aliphatic rings. The molecule has 7 nitrogen and oxygen atoms in total. The van der Waals surface area contributed by atoms with Gasteiger partial charge in [0.25, 0.3) is 0 Å². The fourth-order valence-corrected chi connectivity index (χ4v) is 18.4. The van der Waals surface area contributed by atoms with Crippen molar-refractivity contribution in [2.75, 3.05) is 26.8 Å². The number of aliphatic hydroxyl groups is 2. The van der Waals surface area contributed by atoms with E-state index in [0.29, 0.717) is 136 Å². The number of rotatable bonds is 13. The predicted octanol–water partition coefficient (Wildman–Crippen LogP) is 5.19. The summed E-state index contributed by atoms with van der Waals surface area (Å²) in [4.78, 5) is 32.1. The zero-order valence-corrected chi connectivity index (χ0v) is 30.1. The van der Waals surface area contributed by atoms with E-state index < -0.39 is 0 Å². The zero-order valence-electron chi connectivity index (χ0n) is 30.1. The number of nitrogens with one attached hydrogen (secondary N) is 1. The van der Waals surface area contributed by atoms with Gasteiger partial charge in [-0.05, 0) is 156 Å². The molecule has 22 atom stereocenters. The van der Waals surface area contributed by atoms with Crippen LogP contribution in [-0.2, 0) is 14.5 Å².